The average molecular weight is 236 g/mol. The zero-order chi connectivity index (χ0) is 11.5. The standard InChI is InChI=1S/C14H20OS/c1-10-7-8-11(2)14(9-10)16-13-6-4-3-5-12(13)15/h7-9,12-13,15H,3-6H2,1-2H3. The normalized spacial score (nSPS) is 25.7. The number of aliphatic hydroxyl groups is 1. The van der Waals surface area contributed by atoms with Crippen molar-refractivity contribution < 1.29 is 5.11 Å². The van der Waals surface area contributed by atoms with E-state index < -0.39 is 0 Å². The van der Waals surface area contributed by atoms with Crippen molar-refractivity contribution in [2.45, 2.75) is 55.8 Å². The van der Waals surface area contributed by atoms with Gasteiger partial charge in [-0.2, -0.15) is 0 Å². The molecule has 2 heteroatoms. The lowest BCUT2D eigenvalue weighted by atomic mass is 9.97. The number of aliphatic hydroxyl groups excluding tert-OH is 1. The summed E-state index contributed by atoms with van der Waals surface area (Å²) in [6, 6.07) is 6.56. The fraction of sp³-hybridized carbons (Fsp3) is 0.571. The van der Waals surface area contributed by atoms with E-state index in [9.17, 15) is 5.11 Å². The fourth-order valence-electron chi connectivity index (χ4n) is 2.21. The Morgan fingerprint density at radius 2 is 1.94 bits per heavy atom. The molecule has 2 atom stereocenters. The molecule has 1 aromatic carbocycles. The predicted octanol–water partition coefficient (Wildman–Crippen LogP) is 3.70. The van der Waals surface area contributed by atoms with E-state index in [-0.39, 0.29) is 6.10 Å². The zero-order valence-electron chi connectivity index (χ0n) is 10.1. The molecule has 0 spiro atoms. The summed E-state index contributed by atoms with van der Waals surface area (Å²) in [4.78, 5) is 1.34. The maximum atomic E-state index is 9.97. The van der Waals surface area contributed by atoms with Gasteiger partial charge in [-0.3, -0.25) is 0 Å². The monoisotopic (exact) mass is 236 g/mol. The van der Waals surface area contributed by atoms with Gasteiger partial charge in [-0.15, -0.1) is 11.8 Å². The van der Waals surface area contributed by atoms with Gasteiger partial charge >= 0.3 is 0 Å². The molecule has 1 aromatic rings. The lowest BCUT2D eigenvalue weighted by molar-refractivity contribution is 0.137. The number of aryl methyl sites for hydroxylation is 2. The topological polar surface area (TPSA) is 20.2 Å². The SMILES string of the molecule is Cc1ccc(C)c(SC2CCCCC2O)c1. The second-order valence-electron chi connectivity index (χ2n) is 4.78. The molecule has 1 aliphatic rings. The summed E-state index contributed by atoms with van der Waals surface area (Å²) in [5.74, 6) is 0. The van der Waals surface area contributed by atoms with Crippen molar-refractivity contribution in [3.8, 4) is 0 Å². The van der Waals surface area contributed by atoms with E-state index >= 15 is 0 Å². The Bertz CT molecular complexity index is 362. The fourth-order valence-corrected chi connectivity index (χ4v) is 3.62. The lowest BCUT2D eigenvalue weighted by Crippen LogP contribution is -2.26. The van der Waals surface area contributed by atoms with Crippen LogP contribution in [0.3, 0.4) is 0 Å². The molecular formula is C14H20OS. The number of benzene rings is 1. The largest absolute Gasteiger partial charge is 0.392 e. The van der Waals surface area contributed by atoms with Gasteiger partial charge in [0.25, 0.3) is 0 Å². The van der Waals surface area contributed by atoms with Gasteiger partial charge in [0.15, 0.2) is 0 Å². The van der Waals surface area contributed by atoms with Crippen LogP contribution in [0, 0.1) is 13.8 Å². The first-order valence-electron chi connectivity index (χ1n) is 6.09. The van der Waals surface area contributed by atoms with Crippen molar-refractivity contribution in [3.63, 3.8) is 0 Å². The first kappa shape index (κ1) is 12.0. The molecule has 1 N–H and O–H groups in total. The first-order valence-corrected chi connectivity index (χ1v) is 6.97. The van der Waals surface area contributed by atoms with Gasteiger partial charge in [0.1, 0.15) is 0 Å². The van der Waals surface area contributed by atoms with E-state index in [0.717, 1.165) is 12.8 Å². The maximum absolute atomic E-state index is 9.97. The molecule has 1 aliphatic carbocycles. The molecule has 88 valence electrons. The number of hydrogen-bond acceptors (Lipinski definition) is 2. The van der Waals surface area contributed by atoms with Crippen molar-refractivity contribution in [1.82, 2.24) is 0 Å². The Balaban J connectivity index is 2.10. The second kappa shape index (κ2) is 5.24. The summed E-state index contributed by atoms with van der Waals surface area (Å²) >= 11 is 1.86. The highest BCUT2D eigenvalue weighted by Crippen LogP contribution is 2.35. The van der Waals surface area contributed by atoms with Crippen LogP contribution in [-0.2, 0) is 0 Å². The van der Waals surface area contributed by atoms with E-state index in [2.05, 4.69) is 32.0 Å². The van der Waals surface area contributed by atoms with E-state index in [0.29, 0.717) is 5.25 Å². The van der Waals surface area contributed by atoms with E-state index in [1.807, 2.05) is 11.8 Å². The summed E-state index contributed by atoms with van der Waals surface area (Å²) in [7, 11) is 0. The lowest BCUT2D eigenvalue weighted by Gasteiger charge is -2.27. The zero-order valence-corrected chi connectivity index (χ0v) is 10.9. The molecular weight excluding hydrogens is 216 g/mol. The van der Waals surface area contributed by atoms with Gasteiger partial charge in [0.05, 0.1) is 6.10 Å². The summed E-state index contributed by atoms with van der Waals surface area (Å²) in [6.07, 6.45) is 4.46. The van der Waals surface area contributed by atoms with Gasteiger partial charge < -0.3 is 5.11 Å². The molecule has 2 rings (SSSR count). The number of rotatable bonds is 2. The van der Waals surface area contributed by atoms with Crippen LogP contribution in [0.2, 0.25) is 0 Å². The van der Waals surface area contributed by atoms with Crippen molar-refractivity contribution in [2.24, 2.45) is 0 Å². The quantitative estimate of drug-likeness (QED) is 0.845. The maximum Gasteiger partial charge on any atom is 0.0662 e. The number of hydrogen-bond donors (Lipinski definition) is 1. The molecule has 0 aromatic heterocycles. The minimum absolute atomic E-state index is 0.112. The Kier molecular flexibility index (Phi) is 3.93. The van der Waals surface area contributed by atoms with Crippen LogP contribution in [0.25, 0.3) is 0 Å². The molecule has 0 bridgehead atoms. The molecule has 1 saturated carbocycles. The molecule has 1 fully saturated rings. The van der Waals surface area contributed by atoms with Gasteiger partial charge in [-0.1, -0.05) is 30.5 Å². The van der Waals surface area contributed by atoms with E-state index in [1.165, 1.54) is 28.9 Å². The number of thioether (sulfide) groups is 1. The molecule has 0 aliphatic heterocycles. The minimum atomic E-state index is -0.112. The summed E-state index contributed by atoms with van der Waals surface area (Å²) < 4.78 is 0. The molecule has 0 amide bonds. The highest BCUT2D eigenvalue weighted by Gasteiger charge is 2.24. The molecule has 1 nitrogen and oxygen atoms in total. The van der Waals surface area contributed by atoms with Crippen molar-refractivity contribution in [1.29, 1.82) is 0 Å². The van der Waals surface area contributed by atoms with Gasteiger partial charge in [-0.05, 0) is 38.3 Å². The molecule has 16 heavy (non-hydrogen) atoms. The third kappa shape index (κ3) is 2.80. The molecule has 0 heterocycles. The third-order valence-corrected chi connectivity index (χ3v) is 4.84. The van der Waals surface area contributed by atoms with Crippen molar-refractivity contribution in [3.05, 3.63) is 29.3 Å². The highest BCUT2D eigenvalue weighted by atomic mass is 32.2. The minimum Gasteiger partial charge on any atom is -0.392 e. The van der Waals surface area contributed by atoms with E-state index in [4.69, 9.17) is 0 Å². The van der Waals surface area contributed by atoms with Crippen LogP contribution in [0.4, 0.5) is 0 Å². The Morgan fingerprint density at radius 1 is 1.19 bits per heavy atom. The average Bonchev–Trinajstić information content (AvgIpc) is 2.27. The van der Waals surface area contributed by atoms with Crippen LogP contribution in [0.1, 0.15) is 36.8 Å². The summed E-state index contributed by atoms with van der Waals surface area (Å²) in [6.45, 7) is 4.28. The smallest absolute Gasteiger partial charge is 0.0662 e. The highest BCUT2D eigenvalue weighted by molar-refractivity contribution is 8.00. The van der Waals surface area contributed by atoms with Crippen LogP contribution >= 0.6 is 11.8 Å². The van der Waals surface area contributed by atoms with Crippen LogP contribution in [0.5, 0.6) is 0 Å². The second-order valence-corrected chi connectivity index (χ2v) is 6.06. The Morgan fingerprint density at radius 3 is 2.69 bits per heavy atom. The molecule has 0 radical (unpaired) electrons. The Labute approximate surface area is 102 Å². The van der Waals surface area contributed by atoms with Gasteiger partial charge in [-0.25, -0.2) is 0 Å². The van der Waals surface area contributed by atoms with Gasteiger partial charge in [0.2, 0.25) is 0 Å². The summed E-state index contributed by atoms with van der Waals surface area (Å²) in [5, 5.41) is 10.4. The summed E-state index contributed by atoms with van der Waals surface area (Å²) in [5.41, 5.74) is 2.63. The molecule has 0 saturated heterocycles. The Hall–Kier alpha value is -0.470. The van der Waals surface area contributed by atoms with Crippen LogP contribution in [0.15, 0.2) is 23.1 Å². The van der Waals surface area contributed by atoms with Crippen LogP contribution < -0.4 is 0 Å². The third-order valence-electron chi connectivity index (χ3n) is 3.29. The van der Waals surface area contributed by atoms with Crippen LogP contribution in [-0.4, -0.2) is 16.5 Å². The predicted molar refractivity (Wildman–Crippen MR) is 70.0 cm³/mol. The van der Waals surface area contributed by atoms with Crippen molar-refractivity contribution in [2.75, 3.05) is 0 Å². The first-order chi connectivity index (χ1) is 7.66. The van der Waals surface area contributed by atoms with E-state index in [1.54, 1.807) is 0 Å². The molecule has 2 unspecified atom stereocenters. The van der Waals surface area contributed by atoms with Crippen molar-refractivity contribution >= 4 is 11.8 Å². The van der Waals surface area contributed by atoms with Gasteiger partial charge in [0, 0.05) is 10.1 Å².